The lowest BCUT2D eigenvalue weighted by atomic mass is 9.91. The molecule has 0 radical (unpaired) electrons. The summed E-state index contributed by atoms with van der Waals surface area (Å²) in [6.45, 7) is 1.96. The molecule has 1 aliphatic heterocycles. The third kappa shape index (κ3) is 2.38. The van der Waals surface area contributed by atoms with Gasteiger partial charge in [0.25, 0.3) is 5.82 Å². The second-order valence-electron chi connectivity index (χ2n) is 5.72. The number of H-pyrrole nitrogens is 1. The number of nitrogens with zero attached hydrogens (tertiary/aromatic N) is 1. The molecule has 0 saturated carbocycles. The lowest BCUT2D eigenvalue weighted by Gasteiger charge is -2.23. The lowest BCUT2D eigenvalue weighted by molar-refractivity contribution is -0.896. The van der Waals surface area contributed by atoms with Crippen LogP contribution < -0.4 is 20.4 Å². The number of quaternary nitrogens is 1. The third-order valence-corrected chi connectivity index (χ3v) is 4.24. The van der Waals surface area contributed by atoms with E-state index in [2.05, 4.69) is 18.1 Å². The lowest BCUT2D eigenvalue weighted by Crippen LogP contribution is -3.08. The predicted octanol–water partition coefficient (Wildman–Crippen LogP) is 0.201. The van der Waals surface area contributed by atoms with Crippen LogP contribution in [0, 0.1) is 11.3 Å². The number of nitrogens with two attached hydrogens (primary N) is 1. The van der Waals surface area contributed by atoms with E-state index in [-0.39, 0.29) is 0 Å². The van der Waals surface area contributed by atoms with Crippen LogP contribution in [0.4, 0.5) is 5.82 Å². The molecule has 0 bridgehead atoms. The molecule has 5 nitrogen and oxygen atoms in total. The molecular formula is C17H20N4O+2. The fourth-order valence-electron chi connectivity index (χ4n) is 3.07. The van der Waals surface area contributed by atoms with E-state index in [0.717, 1.165) is 42.1 Å². The van der Waals surface area contributed by atoms with Gasteiger partial charge in [0.1, 0.15) is 29.6 Å². The van der Waals surface area contributed by atoms with Gasteiger partial charge >= 0.3 is 0 Å². The van der Waals surface area contributed by atoms with Gasteiger partial charge in [-0.25, -0.2) is 4.98 Å². The number of anilines is 1. The van der Waals surface area contributed by atoms with Gasteiger partial charge in [0.2, 0.25) is 0 Å². The minimum Gasteiger partial charge on any atom is -0.497 e. The fourth-order valence-corrected chi connectivity index (χ4v) is 3.07. The number of aromatic nitrogens is 1. The number of hydrogen-bond donors (Lipinski definition) is 2. The summed E-state index contributed by atoms with van der Waals surface area (Å²) in [7, 11) is 3.81. The molecule has 0 aliphatic carbocycles. The zero-order valence-corrected chi connectivity index (χ0v) is 12.9. The maximum absolute atomic E-state index is 9.55. The Morgan fingerprint density at radius 1 is 1.32 bits per heavy atom. The summed E-state index contributed by atoms with van der Waals surface area (Å²) >= 11 is 0. The van der Waals surface area contributed by atoms with Crippen molar-refractivity contribution in [2.45, 2.75) is 13.0 Å². The third-order valence-electron chi connectivity index (χ3n) is 4.24. The van der Waals surface area contributed by atoms with Crippen LogP contribution in [-0.4, -0.2) is 20.7 Å². The van der Waals surface area contributed by atoms with E-state index in [1.165, 1.54) is 10.5 Å². The number of likely N-dealkylation sites (N-methyl/N-ethyl adjacent to an activating group) is 1. The number of aromatic amines is 1. The van der Waals surface area contributed by atoms with Gasteiger partial charge in [0, 0.05) is 5.56 Å². The summed E-state index contributed by atoms with van der Waals surface area (Å²) in [5, 5.41) is 9.55. The number of benzene rings is 1. The Bertz CT molecular complexity index is 747. The number of nitriles is 1. The minimum atomic E-state index is 0.451. The topological polar surface area (TPSA) is 77.6 Å². The van der Waals surface area contributed by atoms with E-state index >= 15 is 0 Å². The predicted molar refractivity (Wildman–Crippen MR) is 83.3 cm³/mol. The van der Waals surface area contributed by atoms with E-state index < -0.39 is 0 Å². The van der Waals surface area contributed by atoms with Gasteiger partial charge in [0.05, 0.1) is 32.7 Å². The van der Waals surface area contributed by atoms with Gasteiger partial charge in [-0.15, -0.1) is 0 Å². The molecule has 3 rings (SSSR count). The normalized spacial score (nSPS) is 16.7. The van der Waals surface area contributed by atoms with Crippen molar-refractivity contribution in [2.75, 3.05) is 26.4 Å². The number of pyridine rings is 1. The zero-order chi connectivity index (χ0) is 15.7. The average Bonchev–Trinajstić information content (AvgIpc) is 2.54. The Balaban J connectivity index is 2.23. The smallest absolute Gasteiger partial charge is 0.289 e. The van der Waals surface area contributed by atoms with Crippen LogP contribution in [0.1, 0.15) is 16.8 Å². The average molecular weight is 296 g/mol. The van der Waals surface area contributed by atoms with Gasteiger partial charge in [0.15, 0.2) is 0 Å². The SMILES string of the molecule is COc1ccc(-c2c(C#N)c(N)[nH+]c3c2C[NH+](C)CC3)cc1. The van der Waals surface area contributed by atoms with Gasteiger partial charge < -0.3 is 9.64 Å². The Labute approximate surface area is 129 Å². The van der Waals surface area contributed by atoms with E-state index in [4.69, 9.17) is 10.5 Å². The molecule has 1 aromatic heterocycles. The van der Waals surface area contributed by atoms with Crippen molar-refractivity contribution in [1.29, 1.82) is 5.26 Å². The second kappa shape index (κ2) is 5.66. The van der Waals surface area contributed by atoms with Crippen LogP contribution in [0.15, 0.2) is 24.3 Å². The number of fused-ring (bicyclic) bond motifs is 1. The van der Waals surface area contributed by atoms with E-state index in [1.807, 2.05) is 24.3 Å². The van der Waals surface area contributed by atoms with Crippen LogP contribution in [0.2, 0.25) is 0 Å². The second-order valence-corrected chi connectivity index (χ2v) is 5.72. The summed E-state index contributed by atoms with van der Waals surface area (Å²) in [4.78, 5) is 4.65. The molecule has 0 saturated heterocycles. The number of rotatable bonds is 2. The molecule has 1 atom stereocenters. The van der Waals surface area contributed by atoms with Crippen LogP contribution in [0.3, 0.4) is 0 Å². The first-order valence-corrected chi connectivity index (χ1v) is 7.36. The first kappa shape index (κ1) is 14.4. The highest BCUT2D eigenvalue weighted by Crippen LogP contribution is 2.32. The largest absolute Gasteiger partial charge is 0.497 e. The molecule has 1 aliphatic rings. The Morgan fingerprint density at radius 2 is 2.05 bits per heavy atom. The summed E-state index contributed by atoms with van der Waals surface area (Å²) < 4.78 is 5.22. The van der Waals surface area contributed by atoms with Crippen molar-refractivity contribution < 1.29 is 14.6 Å². The molecule has 0 amide bonds. The quantitative estimate of drug-likeness (QED) is 0.831. The van der Waals surface area contributed by atoms with Crippen LogP contribution >= 0.6 is 0 Å². The molecule has 4 N–H and O–H groups in total. The van der Waals surface area contributed by atoms with E-state index in [0.29, 0.717) is 11.4 Å². The molecule has 0 fully saturated rings. The Morgan fingerprint density at radius 3 is 2.68 bits per heavy atom. The van der Waals surface area contributed by atoms with E-state index in [1.54, 1.807) is 7.11 Å². The maximum atomic E-state index is 9.55. The van der Waals surface area contributed by atoms with Crippen molar-refractivity contribution in [1.82, 2.24) is 0 Å². The highest BCUT2D eigenvalue weighted by molar-refractivity contribution is 5.78. The van der Waals surface area contributed by atoms with Crippen molar-refractivity contribution in [3.8, 4) is 22.9 Å². The number of nitrogens with one attached hydrogen (secondary N) is 2. The first-order chi connectivity index (χ1) is 10.6. The molecule has 1 unspecified atom stereocenters. The first-order valence-electron chi connectivity index (χ1n) is 7.36. The van der Waals surface area contributed by atoms with Gasteiger partial charge in [-0.1, -0.05) is 12.1 Å². The number of hydrogen-bond acceptors (Lipinski definition) is 3. The monoisotopic (exact) mass is 296 g/mol. The molecular weight excluding hydrogens is 276 g/mol. The van der Waals surface area contributed by atoms with Crippen molar-refractivity contribution in [3.05, 3.63) is 41.1 Å². The molecule has 0 spiro atoms. The minimum absolute atomic E-state index is 0.451. The molecule has 5 heteroatoms. The number of methoxy groups -OCH3 is 1. The zero-order valence-electron chi connectivity index (χ0n) is 12.9. The van der Waals surface area contributed by atoms with Gasteiger partial charge in [-0.3, -0.25) is 5.73 Å². The molecule has 2 heterocycles. The number of ether oxygens (including phenoxy) is 1. The van der Waals surface area contributed by atoms with Crippen LogP contribution in [-0.2, 0) is 13.0 Å². The molecule has 112 valence electrons. The maximum Gasteiger partial charge on any atom is 0.289 e. The molecule has 2 aromatic rings. The standard InChI is InChI=1S/C17H18N4O/c1-21-8-7-15-14(10-21)16(13(9-18)17(19)20-15)11-3-5-12(22-2)6-4-11/h3-6H,7-8,10H2,1-2H3,(H2,19,20)/p+2. The van der Waals surface area contributed by atoms with Crippen LogP contribution in [0.5, 0.6) is 5.75 Å². The van der Waals surface area contributed by atoms with Crippen molar-refractivity contribution in [3.63, 3.8) is 0 Å². The van der Waals surface area contributed by atoms with E-state index in [9.17, 15) is 5.26 Å². The number of nitrogen functional groups attached to an aromatic ring is 1. The van der Waals surface area contributed by atoms with Gasteiger partial charge in [-0.2, -0.15) is 5.26 Å². The van der Waals surface area contributed by atoms with Crippen molar-refractivity contribution in [2.24, 2.45) is 0 Å². The Kier molecular flexibility index (Phi) is 3.70. The summed E-state index contributed by atoms with van der Waals surface area (Å²) in [6, 6.07) is 10.1. The van der Waals surface area contributed by atoms with Gasteiger partial charge in [-0.05, 0) is 17.7 Å². The highest BCUT2D eigenvalue weighted by atomic mass is 16.5. The molecule has 1 aromatic carbocycles. The summed E-state index contributed by atoms with van der Waals surface area (Å²) in [5.41, 5.74) is 10.9. The summed E-state index contributed by atoms with van der Waals surface area (Å²) in [6.07, 6.45) is 0.945. The Hall–Kier alpha value is -2.58. The fraction of sp³-hybridized carbons (Fsp3) is 0.294. The highest BCUT2D eigenvalue weighted by Gasteiger charge is 2.28. The van der Waals surface area contributed by atoms with Crippen LogP contribution in [0.25, 0.3) is 11.1 Å². The van der Waals surface area contributed by atoms with Crippen molar-refractivity contribution >= 4 is 5.82 Å². The molecule has 22 heavy (non-hydrogen) atoms. The summed E-state index contributed by atoms with van der Waals surface area (Å²) in [5.74, 6) is 1.25.